The second-order valence-electron chi connectivity index (χ2n) is 11.7. The summed E-state index contributed by atoms with van der Waals surface area (Å²) >= 11 is 0. The van der Waals surface area contributed by atoms with E-state index in [0.29, 0.717) is 0 Å². The van der Waals surface area contributed by atoms with E-state index in [0.717, 1.165) is 54.0 Å². The van der Waals surface area contributed by atoms with Crippen molar-refractivity contribution in [2.75, 3.05) is 0 Å². The van der Waals surface area contributed by atoms with Gasteiger partial charge in [-0.1, -0.05) is 152 Å². The molecule has 0 aliphatic carbocycles. The van der Waals surface area contributed by atoms with Crippen molar-refractivity contribution in [3.05, 3.63) is 96.6 Å². The second-order valence-corrected chi connectivity index (χ2v) is 11.7. The quantitative estimate of drug-likeness (QED) is 0.0683. The van der Waals surface area contributed by atoms with Gasteiger partial charge in [0.05, 0.1) is 22.8 Å². The van der Waals surface area contributed by atoms with Crippen LogP contribution < -0.4 is 10.2 Å². The molecule has 3 aromatic rings. The van der Waals surface area contributed by atoms with Gasteiger partial charge in [0, 0.05) is 0 Å². The molecule has 252 valence electrons. The molecule has 3 rings (SSSR count). The molecule has 0 unspecified atom stereocenters. The van der Waals surface area contributed by atoms with E-state index in [1.54, 1.807) is 6.07 Å². The minimum Gasteiger partial charge on any atom is -0.873 e. The van der Waals surface area contributed by atoms with Gasteiger partial charge in [-0.2, -0.15) is 0 Å². The number of aliphatic imine (C=N–C) groups is 2. The summed E-state index contributed by atoms with van der Waals surface area (Å²) in [5, 5.41) is 21.3. The van der Waals surface area contributed by atoms with E-state index in [9.17, 15) is 10.2 Å². The normalized spacial score (nSPS) is 11.6. The van der Waals surface area contributed by atoms with E-state index in [1.165, 1.54) is 89.2 Å². The Kier molecular flexibility index (Phi) is 24.0. The average molecular weight is 668 g/mol. The molecule has 4 nitrogen and oxygen atoms in total. The third kappa shape index (κ3) is 18.7. The summed E-state index contributed by atoms with van der Waals surface area (Å²) in [4.78, 5) is 10.1. The standard InChI is InChI=1S/C33H48N2.C8H10O2.Ni/c1-3-5-7-8-9-10-11-12-13-14-15-23-29-33(35-31-26-21-17-22-27-31)32(28-18-6-4-2)34-30-24-19-16-20-25-30;1-2-6-3-4-7(9)8(10)5-6;/h16-17,19-27,29H,3-15,18,28H2,1-2H3;3-5,9-10H,2H2,1H3;/q;;+2/p-2. The van der Waals surface area contributed by atoms with Crippen molar-refractivity contribution in [3.8, 4) is 11.5 Å². The predicted octanol–water partition coefficient (Wildman–Crippen LogP) is 11.4. The molecule has 0 aromatic heterocycles. The molecule has 0 bridgehead atoms. The first-order valence-electron chi connectivity index (χ1n) is 17.5. The van der Waals surface area contributed by atoms with Gasteiger partial charge < -0.3 is 10.2 Å². The van der Waals surface area contributed by atoms with E-state index in [-0.39, 0.29) is 16.5 Å². The zero-order chi connectivity index (χ0) is 32.4. The second kappa shape index (κ2) is 27.0. The summed E-state index contributed by atoms with van der Waals surface area (Å²) in [5.74, 6) is -0.823. The third-order valence-electron chi connectivity index (χ3n) is 7.76. The molecule has 0 saturated carbocycles. The van der Waals surface area contributed by atoms with Gasteiger partial charge in [0.25, 0.3) is 0 Å². The van der Waals surface area contributed by atoms with Crippen LogP contribution in [-0.2, 0) is 22.9 Å². The molecule has 0 spiro atoms. The zero-order valence-electron chi connectivity index (χ0n) is 28.5. The summed E-state index contributed by atoms with van der Waals surface area (Å²) in [6.07, 6.45) is 24.7. The fourth-order valence-corrected chi connectivity index (χ4v) is 5.00. The SMILES string of the molecule is CCCCCCCCCCCCC=CC(=Nc1ccccc1)C(CCCCC)=Nc1ccccc1.CCc1ccc([O-])c([O-])c1.[Ni+2]. The molecule has 0 atom stereocenters. The van der Waals surface area contributed by atoms with Gasteiger partial charge in [0.15, 0.2) is 0 Å². The van der Waals surface area contributed by atoms with Crippen molar-refractivity contribution < 1.29 is 26.7 Å². The molecule has 0 aliphatic heterocycles. The Balaban J connectivity index is 0.000000817. The number of para-hydroxylation sites is 2. The van der Waals surface area contributed by atoms with Crippen LogP contribution in [0.15, 0.2) is 101 Å². The Morgan fingerprint density at radius 1 is 0.587 bits per heavy atom. The number of benzene rings is 3. The largest absolute Gasteiger partial charge is 2.00 e. The first-order valence-corrected chi connectivity index (χ1v) is 17.5. The molecular formula is C41H56N2NiO2. The Hall–Kier alpha value is -3.17. The molecule has 0 N–H and O–H groups in total. The van der Waals surface area contributed by atoms with Gasteiger partial charge in [-0.25, -0.2) is 4.99 Å². The van der Waals surface area contributed by atoms with Crippen LogP contribution in [0.25, 0.3) is 0 Å². The zero-order valence-corrected chi connectivity index (χ0v) is 29.5. The van der Waals surface area contributed by atoms with Crippen LogP contribution in [0.1, 0.15) is 123 Å². The van der Waals surface area contributed by atoms with E-state index in [1.807, 2.05) is 19.1 Å². The van der Waals surface area contributed by atoms with Gasteiger partial charge in [-0.3, -0.25) is 4.99 Å². The molecule has 0 heterocycles. The van der Waals surface area contributed by atoms with Crippen molar-refractivity contribution in [2.45, 2.75) is 124 Å². The molecule has 0 fully saturated rings. The molecule has 0 saturated heterocycles. The van der Waals surface area contributed by atoms with Crippen LogP contribution in [0, 0.1) is 0 Å². The Labute approximate surface area is 290 Å². The van der Waals surface area contributed by atoms with Crippen molar-refractivity contribution in [2.24, 2.45) is 9.98 Å². The summed E-state index contributed by atoms with van der Waals surface area (Å²) in [6, 6.07) is 25.0. The van der Waals surface area contributed by atoms with Crippen molar-refractivity contribution in [1.82, 2.24) is 0 Å². The maximum absolute atomic E-state index is 10.7. The summed E-state index contributed by atoms with van der Waals surface area (Å²) in [5.41, 5.74) is 5.01. The Bertz CT molecular complexity index is 1260. The summed E-state index contributed by atoms with van der Waals surface area (Å²) < 4.78 is 0. The first kappa shape index (κ1) is 40.9. The molecule has 0 aliphatic rings. The van der Waals surface area contributed by atoms with E-state index in [2.05, 4.69) is 74.5 Å². The van der Waals surface area contributed by atoms with Crippen LogP contribution in [0.2, 0.25) is 0 Å². The van der Waals surface area contributed by atoms with Crippen LogP contribution in [-0.4, -0.2) is 11.4 Å². The number of unbranched alkanes of at least 4 members (excludes halogenated alkanes) is 12. The number of rotatable bonds is 20. The van der Waals surface area contributed by atoms with Crippen LogP contribution in [0.4, 0.5) is 11.4 Å². The van der Waals surface area contributed by atoms with Gasteiger partial charge in [0.2, 0.25) is 0 Å². The minimum atomic E-state index is -0.419. The number of allylic oxidation sites excluding steroid dienone is 2. The summed E-state index contributed by atoms with van der Waals surface area (Å²) in [7, 11) is 0. The fourth-order valence-electron chi connectivity index (χ4n) is 5.00. The number of nitrogens with zero attached hydrogens (tertiary/aromatic N) is 2. The van der Waals surface area contributed by atoms with Crippen molar-refractivity contribution in [3.63, 3.8) is 0 Å². The van der Waals surface area contributed by atoms with E-state index < -0.39 is 11.5 Å². The van der Waals surface area contributed by atoms with E-state index in [4.69, 9.17) is 9.98 Å². The van der Waals surface area contributed by atoms with Gasteiger partial charge >= 0.3 is 16.5 Å². The Morgan fingerprint density at radius 3 is 1.65 bits per heavy atom. The Morgan fingerprint density at radius 2 is 1.11 bits per heavy atom. The van der Waals surface area contributed by atoms with Crippen molar-refractivity contribution in [1.29, 1.82) is 0 Å². The topological polar surface area (TPSA) is 70.8 Å². The molecule has 3 aromatic carbocycles. The monoisotopic (exact) mass is 666 g/mol. The number of aryl methyl sites for hydroxylation is 1. The minimum absolute atomic E-state index is 0. The fraction of sp³-hybridized carbons (Fsp3) is 0.463. The number of hydrogen-bond donors (Lipinski definition) is 0. The molecule has 0 radical (unpaired) electrons. The van der Waals surface area contributed by atoms with Crippen LogP contribution in [0.5, 0.6) is 11.5 Å². The molecule has 46 heavy (non-hydrogen) atoms. The van der Waals surface area contributed by atoms with Crippen LogP contribution >= 0.6 is 0 Å². The maximum Gasteiger partial charge on any atom is 2.00 e. The molecular weight excluding hydrogens is 611 g/mol. The first-order chi connectivity index (χ1) is 22.1. The predicted molar refractivity (Wildman–Crippen MR) is 192 cm³/mol. The molecule has 0 amide bonds. The van der Waals surface area contributed by atoms with Crippen LogP contribution in [0.3, 0.4) is 0 Å². The maximum atomic E-state index is 10.7. The summed E-state index contributed by atoms with van der Waals surface area (Å²) in [6.45, 7) is 6.48. The smallest absolute Gasteiger partial charge is 0.873 e. The third-order valence-corrected chi connectivity index (χ3v) is 7.76. The number of hydrogen-bond acceptors (Lipinski definition) is 4. The average Bonchev–Trinajstić information content (AvgIpc) is 3.07. The molecule has 5 heteroatoms. The van der Waals surface area contributed by atoms with Gasteiger partial charge in [-0.05, 0) is 68.0 Å². The van der Waals surface area contributed by atoms with Crippen molar-refractivity contribution >= 4 is 22.8 Å². The van der Waals surface area contributed by atoms with Gasteiger partial charge in [0.1, 0.15) is 0 Å². The van der Waals surface area contributed by atoms with E-state index >= 15 is 0 Å². The van der Waals surface area contributed by atoms with Gasteiger partial charge in [-0.15, -0.1) is 11.5 Å².